The molecule has 0 heterocycles. The lowest BCUT2D eigenvalue weighted by atomic mass is 9.81. The number of hydrogen-bond donors (Lipinski definition) is 0. The Morgan fingerprint density at radius 3 is 1.14 bits per heavy atom. The van der Waals surface area contributed by atoms with E-state index in [4.69, 9.17) is 0 Å². The second-order valence-electron chi connectivity index (χ2n) is 14.0. The molecule has 0 spiro atoms. The van der Waals surface area contributed by atoms with Crippen LogP contribution in [0.4, 0.5) is 0 Å². The molecule has 0 saturated carbocycles. The summed E-state index contributed by atoms with van der Waals surface area (Å²) in [5, 5.41) is 10.2. The fourth-order valence-corrected chi connectivity index (χ4v) is 8.29. The van der Waals surface area contributed by atoms with Crippen molar-refractivity contribution in [1.82, 2.24) is 0 Å². The zero-order valence-electron chi connectivity index (χ0n) is 29.0. The van der Waals surface area contributed by atoms with Gasteiger partial charge in [-0.1, -0.05) is 157 Å². The van der Waals surface area contributed by atoms with Gasteiger partial charge in [-0.3, -0.25) is 0 Å². The van der Waals surface area contributed by atoms with Crippen LogP contribution < -0.4 is 0 Å². The van der Waals surface area contributed by atoms with Gasteiger partial charge >= 0.3 is 0 Å². The van der Waals surface area contributed by atoms with Crippen molar-refractivity contribution < 1.29 is 0 Å². The first kappa shape index (κ1) is 30.1. The van der Waals surface area contributed by atoms with Crippen LogP contribution in [0, 0.1) is 27.7 Å². The Morgan fingerprint density at radius 1 is 0.280 bits per heavy atom. The lowest BCUT2D eigenvalue weighted by Gasteiger charge is -2.22. The van der Waals surface area contributed by atoms with Crippen molar-refractivity contribution in [3.05, 3.63) is 180 Å². The standard InChI is InChI=1S/C50H38/c1-31-19-23-39(33(3)27-31)49-45-25-21-38(44-18-10-14-36-12-6-8-16-42(36)44)30-48(45)50(40-24-20-32(2)28-34(40)4)46-26-22-37(29-47(46)49)43-17-9-13-35-11-5-7-15-41(35)43/h5-30H,1-4H3. The summed E-state index contributed by atoms with van der Waals surface area (Å²) in [6.07, 6.45) is 0. The van der Waals surface area contributed by atoms with Gasteiger partial charge in [-0.05, 0) is 139 Å². The third-order valence-electron chi connectivity index (χ3n) is 10.6. The number of fused-ring (bicyclic) bond motifs is 4. The van der Waals surface area contributed by atoms with Crippen molar-refractivity contribution in [1.29, 1.82) is 0 Å². The van der Waals surface area contributed by atoms with Crippen LogP contribution in [0.3, 0.4) is 0 Å². The fraction of sp³-hybridized carbons (Fsp3) is 0.0800. The van der Waals surface area contributed by atoms with Crippen LogP contribution in [-0.4, -0.2) is 0 Å². The summed E-state index contributed by atoms with van der Waals surface area (Å²) in [6, 6.07) is 59.0. The van der Waals surface area contributed by atoms with E-state index in [9.17, 15) is 0 Å². The molecule has 0 N–H and O–H groups in total. The van der Waals surface area contributed by atoms with E-state index < -0.39 is 0 Å². The molecular weight excluding hydrogens is 601 g/mol. The monoisotopic (exact) mass is 638 g/mol. The molecule has 0 fully saturated rings. The summed E-state index contributed by atoms with van der Waals surface area (Å²) in [5.41, 5.74) is 15.3. The van der Waals surface area contributed by atoms with Crippen molar-refractivity contribution in [2.75, 3.05) is 0 Å². The van der Waals surface area contributed by atoms with Crippen LogP contribution in [0.1, 0.15) is 22.3 Å². The Balaban J connectivity index is 1.45. The Hall–Kier alpha value is -5.98. The number of aryl methyl sites for hydroxylation is 4. The van der Waals surface area contributed by atoms with Gasteiger partial charge in [-0.25, -0.2) is 0 Å². The molecule has 9 rings (SSSR count). The maximum atomic E-state index is 2.46. The Labute approximate surface area is 294 Å². The van der Waals surface area contributed by atoms with Gasteiger partial charge in [0.2, 0.25) is 0 Å². The molecule has 0 heteroatoms. The summed E-state index contributed by atoms with van der Waals surface area (Å²) in [6.45, 7) is 8.89. The molecule has 238 valence electrons. The van der Waals surface area contributed by atoms with Gasteiger partial charge in [-0.2, -0.15) is 0 Å². The van der Waals surface area contributed by atoms with Crippen molar-refractivity contribution in [3.8, 4) is 44.5 Å². The average Bonchev–Trinajstić information content (AvgIpc) is 3.14. The predicted molar refractivity (Wildman–Crippen MR) is 217 cm³/mol. The summed E-state index contributed by atoms with van der Waals surface area (Å²) in [4.78, 5) is 0. The van der Waals surface area contributed by atoms with Crippen molar-refractivity contribution >= 4 is 43.1 Å². The third kappa shape index (κ3) is 4.91. The van der Waals surface area contributed by atoms with E-state index in [-0.39, 0.29) is 0 Å². The van der Waals surface area contributed by atoms with E-state index in [1.54, 1.807) is 0 Å². The Bertz CT molecular complexity index is 2590. The summed E-state index contributed by atoms with van der Waals surface area (Å²) in [5.74, 6) is 0. The summed E-state index contributed by atoms with van der Waals surface area (Å²) in [7, 11) is 0. The number of hydrogen-bond acceptors (Lipinski definition) is 0. The van der Waals surface area contributed by atoms with Crippen LogP contribution in [0.25, 0.3) is 87.6 Å². The molecular formula is C50H38. The molecule has 9 aromatic carbocycles. The van der Waals surface area contributed by atoms with Gasteiger partial charge in [-0.15, -0.1) is 0 Å². The molecule has 0 bridgehead atoms. The second kappa shape index (κ2) is 11.9. The molecule has 9 aromatic rings. The van der Waals surface area contributed by atoms with E-state index in [1.165, 1.54) is 110 Å². The molecule has 0 atom stereocenters. The Kier molecular flexibility index (Phi) is 7.14. The molecule has 0 aliphatic heterocycles. The first-order valence-corrected chi connectivity index (χ1v) is 17.6. The molecule has 0 aliphatic rings. The number of benzene rings is 9. The van der Waals surface area contributed by atoms with Crippen LogP contribution in [0.2, 0.25) is 0 Å². The van der Waals surface area contributed by atoms with Crippen LogP contribution in [0.5, 0.6) is 0 Å². The largest absolute Gasteiger partial charge is 0.0616 e. The van der Waals surface area contributed by atoms with Crippen LogP contribution >= 0.6 is 0 Å². The molecule has 50 heavy (non-hydrogen) atoms. The summed E-state index contributed by atoms with van der Waals surface area (Å²) < 4.78 is 0. The highest BCUT2D eigenvalue weighted by molar-refractivity contribution is 6.23. The molecule has 0 nitrogen and oxygen atoms in total. The zero-order valence-corrected chi connectivity index (χ0v) is 29.0. The minimum atomic E-state index is 1.23. The predicted octanol–water partition coefficient (Wildman–Crippen LogP) is 14.2. The van der Waals surface area contributed by atoms with E-state index in [0.29, 0.717) is 0 Å². The van der Waals surface area contributed by atoms with Gasteiger partial charge in [0.25, 0.3) is 0 Å². The van der Waals surface area contributed by atoms with E-state index in [0.717, 1.165) is 0 Å². The third-order valence-corrected chi connectivity index (χ3v) is 10.6. The molecule has 0 unspecified atom stereocenters. The van der Waals surface area contributed by atoms with Gasteiger partial charge in [0.1, 0.15) is 0 Å². The quantitative estimate of drug-likeness (QED) is 0.168. The first-order chi connectivity index (χ1) is 24.4. The van der Waals surface area contributed by atoms with Gasteiger partial charge in [0, 0.05) is 0 Å². The lowest BCUT2D eigenvalue weighted by Crippen LogP contribution is -1.95. The minimum Gasteiger partial charge on any atom is -0.0616 e. The van der Waals surface area contributed by atoms with Crippen molar-refractivity contribution in [3.63, 3.8) is 0 Å². The highest BCUT2D eigenvalue weighted by Gasteiger charge is 2.21. The summed E-state index contributed by atoms with van der Waals surface area (Å²) >= 11 is 0. The second-order valence-corrected chi connectivity index (χ2v) is 14.0. The van der Waals surface area contributed by atoms with E-state index >= 15 is 0 Å². The van der Waals surface area contributed by atoms with E-state index in [1.807, 2.05) is 0 Å². The normalized spacial score (nSPS) is 11.6. The maximum absolute atomic E-state index is 2.46. The average molecular weight is 639 g/mol. The molecule has 0 amide bonds. The number of rotatable bonds is 4. The molecule has 0 radical (unpaired) electrons. The topological polar surface area (TPSA) is 0 Å². The van der Waals surface area contributed by atoms with Gasteiger partial charge in [0.15, 0.2) is 0 Å². The smallest absolute Gasteiger partial charge is 0.00235 e. The van der Waals surface area contributed by atoms with Crippen molar-refractivity contribution in [2.45, 2.75) is 27.7 Å². The van der Waals surface area contributed by atoms with Gasteiger partial charge < -0.3 is 0 Å². The van der Waals surface area contributed by atoms with Crippen LogP contribution in [-0.2, 0) is 0 Å². The van der Waals surface area contributed by atoms with Crippen LogP contribution in [0.15, 0.2) is 158 Å². The lowest BCUT2D eigenvalue weighted by molar-refractivity contribution is 1.38. The molecule has 0 aliphatic carbocycles. The molecule has 0 aromatic heterocycles. The maximum Gasteiger partial charge on any atom is -0.00235 e. The van der Waals surface area contributed by atoms with Crippen molar-refractivity contribution in [2.24, 2.45) is 0 Å². The Morgan fingerprint density at radius 2 is 0.700 bits per heavy atom. The highest BCUT2D eigenvalue weighted by Crippen LogP contribution is 2.48. The SMILES string of the molecule is Cc1ccc(-c2c3ccc(-c4cccc5ccccc45)cc3c(-c3ccc(C)cc3C)c3ccc(-c4cccc5ccccc45)cc23)c(C)c1. The first-order valence-electron chi connectivity index (χ1n) is 17.6. The minimum absolute atomic E-state index is 1.23. The molecule has 0 saturated heterocycles. The highest BCUT2D eigenvalue weighted by atomic mass is 14.2. The fourth-order valence-electron chi connectivity index (χ4n) is 8.29. The zero-order chi connectivity index (χ0) is 33.9. The van der Waals surface area contributed by atoms with E-state index in [2.05, 4.69) is 185 Å². The van der Waals surface area contributed by atoms with Gasteiger partial charge in [0.05, 0.1) is 0 Å².